The third kappa shape index (κ3) is 4.69. The van der Waals surface area contributed by atoms with Crippen LogP contribution in [0.4, 0.5) is 17.8 Å². The Hall–Kier alpha value is -1.59. The Balaban J connectivity index is 1.49. The van der Waals surface area contributed by atoms with E-state index in [2.05, 4.69) is 41.7 Å². The molecule has 0 spiro atoms. The van der Waals surface area contributed by atoms with Crippen molar-refractivity contribution < 1.29 is 0 Å². The molecule has 0 saturated heterocycles. The maximum absolute atomic E-state index is 4.75. The maximum Gasteiger partial charge on any atom is 0.229 e. The average molecular weight is 387 g/mol. The molecule has 0 aliphatic heterocycles. The topological polar surface area (TPSA) is 74.8 Å². The number of rotatable bonds is 10. The molecule has 1 aromatic heterocycles. The van der Waals surface area contributed by atoms with Crippen LogP contribution >= 0.6 is 0 Å². The van der Waals surface area contributed by atoms with Gasteiger partial charge >= 0.3 is 0 Å². The number of hydrogen-bond acceptors (Lipinski definition) is 6. The van der Waals surface area contributed by atoms with Gasteiger partial charge in [0.2, 0.25) is 17.8 Å². The molecule has 4 saturated carbocycles. The Morgan fingerprint density at radius 2 is 1.39 bits per heavy atom. The quantitative estimate of drug-likeness (QED) is 0.496. The van der Waals surface area contributed by atoms with Gasteiger partial charge in [0, 0.05) is 18.6 Å². The first-order chi connectivity index (χ1) is 13.5. The Kier molecular flexibility index (Phi) is 5.93. The average Bonchev–Trinajstić information content (AvgIpc) is 2.60. The van der Waals surface area contributed by atoms with Crippen molar-refractivity contribution in [3.8, 4) is 0 Å². The van der Waals surface area contributed by atoms with E-state index in [1.807, 2.05) is 0 Å². The molecule has 6 nitrogen and oxygen atoms in total. The van der Waals surface area contributed by atoms with Gasteiger partial charge < -0.3 is 16.0 Å². The first-order valence-electron chi connectivity index (χ1n) is 11.6. The van der Waals surface area contributed by atoms with E-state index in [1.165, 1.54) is 38.5 Å². The van der Waals surface area contributed by atoms with Crippen LogP contribution in [0.3, 0.4) is 0 Å². The molecule has 1 aromatic rings. The summed E-state index contributed by atoms with van der Waals surface area (Å²) in [5.74, 6) is 5.54. The van der Waals surface area contributed by atoms with Crippen molar-refractivity contribution in [1.82, 2.24) is 15.0 Å². The summed E-state index contributed by atoms with van der Waals surface area (Å²) in [7, 11) is 0. The SMILES string of the molecule is CCCCNc1nc(NCCC(C)C)nc(NC23CC4CC(CC(C4)C2)C3)n1. The molecule has 28 heavy (non-hydrogen) atoms. The Morgan fingerprint density at radius 1 is 0.857 bits per heavy atom. The fourth-order valence-corrected chi connectivity index (χ4v) is 5.94. The maximum atomic E-state index is 4.75. The van der Waals surface area contributed by atoms with E-state index >= 15 is 0 Å². The van der Waals surface area contributed by atoms with Crippen LogP contribution in [0.2, 0.25) is 0 Å². The summed E-state index contributed by atoms with van der Waals surface area (Å²) in [4.78, 5) is 14.1. The van der Waals surface area contributed by atoms with Crippen LogP contribution in [0.1, 0.15) is 78.6 Å². The van der Waals surface area contributed by atoms with Gasteiger partial charge in [-0.3, -0.25) is 0 Å². The van der Waals surface area contributed by atoms with Crippen molar-refractivity contribution in [2.45, 2.75) is 84.1 Å². The summed E-state index contributed by atoms with van der Waals surface area (Å²) in [6.45, 7) is 8.49. The van der Waals surface area contributed by atoms with Gasteiger partial charge in [-0.2, -0.15) is 15.0 Å². The molecule has 156 valence electrons. The molecule has 0 amide bonds. The van der Waals surface area contributed by atoms with Crippen molar-refractivity contribution in [1.29, 1.82) is 0 Å². The number of nitrogens with one attached hydrogen (secondary N) is 3. The largest absolute Gasteiger partial charge is 0.354 e. The van der Waals surface area contributed by atoms with Crippen LogP contribution < -0.4 is 16.0 Å². The second-order valence-electron chi connectivity index (χ2n) is 10.0. The fraction of sp³-hybridized carbons (Fsp3) is 0.864. The fourth-order valence-electron chi connectivity index (χ4n) is 5.94. The molecule has 1 heterocycles. The zero-order valence-electron chi connectivity index (χ0n) is 17.9. The lowest BCUT2D eigenvalue weighted by molar-refractivity contribution is 0.0103. The second-order valence-corrected chi connectivity index (χ2v) is 10.0. The highest BCUT2D eigenvalue weighted by Crippen LogP contribution is 2.56. The lowest BCUT2D eigenvalue weighted by atomic mass is 9.53. The number of nitrogens with zero attached hydrogens (tertiary/aromatic N) is 3. The van der Waals surface area contributed by atoms with Gasteiger partial charge in [-0.15, -0.1) is 0 Å². The van der Waals surface area contributed by atoms with Gasteiger partial charge in [-0.25, -0.2) is 0 Å². The molecule has 4 bridgehead atoms. The minimum Gasteiger partial charge on any atom is -0.354 e. The molecule has 4 aliphatic carbocycles. The Morgan fingerprint density at radius 3 is 1.93 bits per heavy atom. The molecule has 4 aliphatic rings. The number of aromatic nitrogens is 3. The Bertz CT molecular complexity index is 623. The number of hydrogen-bond donors (Lipinski definition) is 3. The highest BCUT2D eigenvalue weighted by atomic mass is 15.3. The lowest BCUT2D eigenvalue weighted by Gasteiger charge is -2.56. The molecule has 0 unspecified atom stereocenters. The van der Waals surface area contributed by atoms with Gasteiger partial charge in [0.15, 0.2) is 0 Å². The van der Waals surface area contributed by atoms with Gasteiger partial charge in [0.05, 0.1) is 0 Å². The highest BCUT2D eigenvalue weighted by Gasteiger charge is 2.51. The van der Waals surface area contributed by atoms with Gasteiger partial charge in [0.1, 0.15) is 0 Å². The zero-order valence-corrected chi connectivity index (χ0v) is 17.9. The molecular weight excluding hydrogens is 348 g/mol. The molecule has 0 aromatic carbocycles. The summed E-state index contributed by atoms with van der Waals surface area (Å²) >= 11 is 0. The summed E-state index contributed by atoms with van der Waals surface area (Å²) in [6.07, 6.45) is 11.6. The van der Waals surface area contributed by atoms with Crippen LogP contribution in [0, 0.1) is 23.7 Å². The van der Waals surface area contributed by atoms with Crippen LogP contribution in [-0.2, 0) is 0 Å². The summed E-state index contributed by atoms with van der Waals surface area (Å²) in [5, 5.41) is 10.6. The summed E-state index contributed by atoms with van der Waals surface area (Å²) < 4.78 is 0. The van der Waals surface area contributed by atoms with E-state index in [0.717, 1.165) is 56.1 Å². The zero-order chi connectivity index (χ0) is 19.6. The van der Waals surface area contributed by atoms with E-state index < -0.39 is 0 Å². The highest BCUT2D eigenvalue weighted by molar-refractivity contribution is 5.44. The molecule has 0 atom stereocenters. The minimum absolute atomic E-state index is 0.214. The predicted molar refractivity (Wildman–Crippen MR) is 116 cm³/mol. The lowest BCUT2D eigenvalue weighted by Crippen LogP contribution is -2.55. The normalized spacial score (nSPS) is 30.6. The molecular formula is C22H38N6. The van der Waals surface area contributed by atoms with Crippen molar-refractivity contribution in [2.75, 3.05) is 29.0 Å². The van der Waals surface area contributed by atoms with E-state index in [-0.39, 0.29) is 5.54 Å². The number of unbranched alkanes of at least 4 members (excludes halogenated alkanes) is 1. The molecule has 6 heteroatoms. The van der Waals surface area contributed by atoms with Gasteiger partial charge in [-0.1, -0.05) is 27.2 Å². The van der Waals surface area contributed by atoms with Crippen LogP contribution in [-0.4, -0.2) is 33.6 Å². The van der Waals surface area contributed by atoms with E-state index in [1.54, 1.807) is 0 Å². The van der Waals surface area contributed by atoms with E-state index in [0.29, 0.717) is 17.8 Å². The van der Waals surface area contributed by atoms with E-state index in [9.17, 15) is 0 Å². The van der Waals surface area contributed by atoms with Gasteiger partial charge in [-0.05, 0) is 75.0 Å². The standard InChI is InChI=1S/C22H38N6/c1-4-5-7-23-19-25-20(24-8-6-15(2)3)27-21(26-19)28-22-12-16-9-17(13-22)11-18(10-16)14-22/h15-18H,4-14H2,1-3H3,(H3,23,24,25,26,27,28). The Labute approximate surface area is 170 Å². The summed E-state index contributed by atoms with van der Waals surface area (Å²) in [6, 6.07) is 0. The first-order valence-corrected chi connectivity index (χ1v) is 11.6. The second kappa shape index (κ2) is 8.42. The van der Waals surface area contributed by atoms with Crippen molar-refractivity contribution in [2.24, 2.45) is 23.7 Å². The smallest absolute Gasteiger partial charge is 0.229 e. The molecule has 4 fully saturated rings. The van der Waals surface area contributed by atoms with E-state index in [4.69, 9.17) is 9.97 Å². The summed E-state index contributed by atoms with van der Waals surface area (Å²) in [5.41, 5.74) is 0.214. The monoisotopic (exact) mass is 386 g/mol. The molecule has 0 radical (unpaired) electrons. The van der Waals surface area contributed by atoms with Crippen molar-refractivity contribution >= 4 is 17.8 Å². The first kappa shape index (κ1) is 19.7. The van der Waals surface area contributed by atoms with Crippen LogP contribution in [0.25, 0.3) is 0 Å². The minimum atomic E-state index is 0.214. The number of anilines is 3. The molecule has 3 N–H and O–H groups in total. The van der Waals surface area contributed by atoms with Crippen LogP contribution in [0.15, 0.2) is 0 Å². The third-order valence-electron chi connectivity index (χ3n) is 6.87. The third-order valence-corrected chi connectivity index (χ3v) is 6.87. The predicted octanol–water partition coefficient (Wildman–Crippen LogP) is 4.92. The van der Waals surface area contributed by atoms with Crippen LogP contribution in [0.5, 0.6) is 0 Å². The van der Waals surface area contributed by atoms with Gasteiger partial charge in [0.25, 0.3) is 0 Å². The van der Waals surface area contributed by atoms with Crippen molar-refractivity contribution in [3.63, 3.8) is 0 Å². The molecule has 5 rings (SSSR count). The van der Waals surface area contributed by atoms with Crippen molar-refractivity contribution in [3.05, 3.63) is 0 Å².